The first kappa shape index (κ1) is 14.9. The van der Waals surface area contributed by atoms with E-state index in [1.807, 2.05) is 0 Å². The van der Waals surface area contributed by atoms with Gasteiger partial charge in [-0.25, -0.2) is 0 Å². The van der Waals surface area contributed by atoms with Gasteiger partial charge in [0.1, 0.15) is 0 Å². The lowest BCUT2D eigenvalue weighted by molar-refractivity contribution is 0.0771. The van der Waals surface area contributed by atoms with Crippen molar-refractivity contribution in [2.45, 2.75) is 39.8 Å². The van der Waals surface area contributed by atoms with Gasteiger partial charge in [-0.05, 0) is 47.1 Å². The Morgan fingerprint density at radius 3 is 1.93 bits per heavy atom. The van der Waals surface area contributed by atoms with Crippen molar-refractivity contribution in [1.29, 1.82) is 0 Å². The van der Waals surface area contributed by atoms with E-state index >= 15 is 0 Å². The van der Waals surface area contributed by atoms with E-state index in [1.165, 1.54) is 6.42 Å². The number of hydrogen-bond donors (Lipinski definition) is 1. The average Bonchev–Trinajstić information content (AvgIpc) is 2.22. The number of rotatable bonds is 8. The van der Waals surface area contributed by atoms with Crippen LogP contribution in [0.5, 0.6) is 0 Å². The van der Waals surface area contributed by atoms with Crippen molar-refractivity contribution in [2.75, 3.05) is 40.3 Å². The number of nitrogens with zero attached hydrogens (tertiary/aromatic N) is 2. The third kappa shape index (κ3) is 4.96. The summed E-state index contributed by atoms with van der Waals surface area (Å²) < 4.78 is 0. The Morgan fingerprint density at radius 1 is 1.07 bits per heavy atom. The highest BCUT2D eigenvalue weighted by Gasteiger charge is 2.27. The second-order valence-corrected chi connectivity index (χ2v) is 4.56. The minimum atomic E-state index is 0.0853. The molecule has 0 aliphatic heterocycles. The molecule has 0 aromatic heterocycles. The molecule has 0 rings (SSSR count). The molecule has 0 aliphatic rings. The van der Waals surface area contributed by atoms with E-state index in [0.717, 1.165) is 26.2 Å². The van der Waals surface area contributed by atoms with E-state index in [0.29, 0.717) is 0 Å². The molecule has 0 aromatic rings. The molecular formula is C12H29N3. The predicted molar refractivity (Wildman–Crippen MR) is 68.2 cm³/mol. The first-order valence-corrected chi connectivity index (χ1v) is 6.15. The van der Waals surface area contributed by atoms with Gasteiger partial charge < -0.3 is 4.90 Å². The zero-order chi connectivity index (χ0) is 11.9. The molecule has 0 radical (unpaired) electrons. The summed E-state index contributed by atoms with van der Waals surface area (Å²) in [6.45, 7) is 13.3. The first-order valence-electron chi connectivity index (χ1n) is 6.15. The monoisotopic (exact) mass is 215 g/mol. The Hall–Kier alpha value is -0.120. The highest BCUT2D eigenvalue weighted by Crippen LogP contribution is 2.09. The van der Waals surface area contributed by atoms with Crippen molar-refractivity contribution >= 4 is 0 Å². The molecule has 0 saturated carbocycles. The van der Waals surface area contributed by atoms with Gasteiger partial charge in [-0.3, -0.25) is 10.2 Å². The lowest BCUT2D eigenvalue weighted by Gasteiger charge is -2.41. The molecule has 3 heteroatoms. The Kier molecular flexibility index (Phi) is 7.14. The molecule has 15 heavy (non-hydrogen) atoms. The lowest BCUT2D eigenvalue weighted by Crippen LogP contribution is -2.60. The molecule has 1 unspecified atom stereocenters. The molecule has 92 valence electrons. The zero-order valence-electron chi connectivity index (χ0n) is 11.4. The second kappa shape index (κ2) is 7.20. The molecule has 1 N–H and O–H groups in total. The van der Waals surface area contributed by atoms with Crippen LogP contribution in [0, 0.1) is 0 Å². The molecule has 0 fully saturated rings. The van der Waals surface area contributed by atoms with Crippen LogP contribution in [-0.4, -0.2) is 55.7 Å². The fraction of sp³-hybridized carbons (Fsp3) is 1.00. The highest BCUT2D eigenvalue weighted by molar-refractivity contribution is 4.83. The molecule has 0 aromatic carbocycles. The topological polar surface area (TPSA) is 18.5 Å². The first-order chi connectivity index (χ1) is 7.00. The third-order valence-electron chi connectivity index (χ3n) is 3.17. The van der Waals surface area contributed by atoms with Gasteiger partial charge in [0.25, 0.3) is 0 Å². The predicted octanol–water partition coefficient (Wildman–Crippen LogP) is 1.61. The Morgan fingerprint density at radius 2 is 1.60 bits per heavy atom. The van der Waals surface area contributed by atoms with E-state index < -0.39 is 0 Å². The van der Waals surface area contributed by atoms with Crippen molar-refractivity contribution in [1.82, 2.24) is 15.1 Å². The number of hydrogen-bond acceptors (Lipinski definition) is 3. The highest BCUT2D eigenvalue weighted by atomic mass is 15.3. The van der Waals surface area contributed by atoms with Crippen LogP contribution in [0.4, 0.5) is 0 Å². The summed E-state index contributed by atoms with van der Waals surface area (Å²) >= 11 is 0. The van der Waals surface area contributed by atoms with Crippen LogP contribution >= 0.6 is 0 Å². The van der Waals surface area contributed by atoms with Crippen LogP contribution in [0.2, 0.25) is 0 Å². The van der Waals surface area contributed by atoms with Crippen LogP contribution in [0.1, 0.15) is 34.1 Å². The van der Waals surface area contributed by atoms with E-state index in [9.17, 15) is 0 Å². The normalized spacial score (nSPS) is 16.0. The maximum atomic E-state index is 3.63. The smallest absolute Gasteiger partial charge is 0.0809 e. The van der Waals surface area contributed by atoms with Gasteiger partial charge >= 0.3 is 0 Å². The fourth-order valence-electron chi connectivity index (χ4n) is 1.63. The van der Waals surface area contributed by atoms with Gasteiger partial charge in [0.05, 0.1) is 5.66 Å². The molecule has 0 heterocycles. The summed E-state index contributed by atoms with van der Waals surface area (Å²) in [5.74, 6) is 0. The minimum Gasteiger partial charge on any atom is -0.301 e. The van der Waals surface area contributed by atoms with E-state index in [2.05, 4.69) is 56.9 Å². The zero-order valence-corrected chi connectivity index (χ0v) is 11.4. The number of nitrogens with one attached hydrogen (secondary N) is 1. The van der Waals surface area contributed by atoms with Gasteiger partial charge in [-0.2, -0.15) is 0 Å². The van der Waals surface area contributed by atoms with Crippen LogP contribution < -0.4 is 5.32 Å². The summed E-state index contributed by atoms with van der Waals surface area (Å²) in [5.41, 5.74) is 0.0853. The molecule has 0 spiro atoms. The van der Waals surface area contributed by atoms with Gasteiger partial charge in [0.15, 0.2) is 0 Å². The van der Waals surface area contributed by atoms with Crippen molar-refractivity contribution in [3.05, 3.63) is 0 Å². The van der Waals surface area contributed by atoms with Crippen LogP contribution in [0.3, 0.4) is 0 Å². The standard InChI is InChI=1S/C12H29N3/c1-7-10-13-12(4,14(5)6)11-15(8-2)9-3/h13H,7-11H2,1-6H3. The Bertz CT molecular complexity index is 155. The van der Waals surface area contributed by atoms with Gasteiger partial charge in [0.2, 0.25) is 0 Å². The summed E-state index contributed by atoms with van der Waals surface area (Å²) in [4.78, 5) is 4.74. The van der Waals surface area contributed by atoms with Gasteiger partial charge in [-0.15, -0.1) is 0 Å². The SMILES string of the molecule is CCCNC(C)(CN(CC)CC)N(C)C. The van der Waals surface area contributed by atoms with Gasteiger partial charge in [0, 0.05) is 6.54 Å². The molecule has 0 aliphatic carbocycles. The fourth-order valence-corrected chi connectivity index (χ4v) is 1.63. The Labute approximate surface area is 95.8 Å². The largest absolute Gasteiger partial charge is 0.301 e. The summed E-state index contributed by atoms with van der Waals surface area (Å²) in [5, 5.41) is 3.63. The molecule has 3 nitrogen and oxygen atoms in total. The second-order valence-electron chi connectivity index (χ2n) is 4.56. The van der Waals surface area contributed by atoms with Crippen molar-refractivity contribution in [2.24, 2.45) is 0 Å². The average molecular weight is 215 g/mol. The quantitative estimate of drug-likeness (QED) is 0.621. The van der Waals surface area contributed by atoms with Crippen LogP contribution in [0.25, 0.3) is 0 Å². The van der Waals surface area contributed by atoms with Crippen molar-refractivity contribution in [3.8, 4) is 0 Å². The summed E-state index contributed by atoms with van der Waals surface area (Å²) in [6, 6.07) is 0. The summed E-state index contributed by atoms with van der Waals surface area (Å²) in [6.07, 6.45) is 1.18. The van der Waals surface area contributed by atoms with Crippen LogP contribution in [0.15, 0.2) is 0 Å². The lowest BCUT2D eigenvalue weighted by atomic mass is 10.1. The third-order valence-corrected chi connectivity index (χ3v) is 3.17. The number of likely N-dealkylation sites (N-methyl/N-ethyl adjacent to an activating group) is 2. The Balaban J connectivity index is 4.35. The molecule has 1 atom stereocenters. The molecule has 0 saturated heterocycles. The van der Waals surface area contributed by atoms with E-state index in [4.69, 9.17) is 0 Å². The summed E-state index contributed by atoms with van der Waals surface area (Å²) in [7, 11) is 4.29. The van der Waals surface area contributed by atoms with Crippen molar-refractivity contribution in [3.63, 3.8) is 0 Å². The maximum Gasteiger partial charge on any atom is 0.0809 e. The van der Waals surface area contributed by atoms with E-state index in [1.54, 1.807) is 0 Å². The maximum absolute atomic E-state index is 3.63. The van der Waals surface area contributed by atoms with Crippen LogP contribution in [-0.2, 0) is 0 Å². The molecule has 0 amide bonds. The minimum absolute atomic E-state index is 0.0853. The molecular weight excluding hydrogens is 186 g/mol. The van der Waals surface area contributed by atoms with Gasteiger partial charge in [-0.1, -0.05) is 20.8 Å². The van der Waals surface area contributed by atoms with E-state index in [-0.39, 0.29) is 5.66 Å². The molecule has 0 bridgehead atoms. The van der Waals surface area contributed by atoms with Crippen molar-refractivity contribution < 1.29 is 0 Å².